The van der Waals surface area contributed by atoms with Gasteiger partial charge in [0.1, 0.15) is 0 Å². The molecule has 0 bridgehead atoms. The molecule has 142 valence electrons. The SMILES string of the molecule is COP(=O)(OC)[C@@H](OC(=O)Nc1cccc(C(F)(F)F)c1)C(Cl)(Cl)Cl. The van der Waals surface area contributed by atoms with E-state index in [1.165, 1.54) is 6.07 Å². The molecule has 0 aromatic heterocycles. The molecular weight excluding hydrogens is 432 g/mol. The van der Waals surface area contributed by atoms with Gasteiger partial charge in [-0.05, 0) is 18.2 Å². The van der Waals surface area contributed by atoms with Crippen molar-refractivity contribution in [1.82, 2.24) is 0 Å². The maximum Gasteiger partial charge on any atom is 0.416 e. The van der Waals surface area contributed by atoms with Crippen LogP contribution >= 0.6 is 42.4 Å². The standard InChI is InChI=1S/C12H12Cl3F3NO5P/c1-22-25(21,23-2)9(11(13,14)15)24-10(20)19-8-5-3-4-7(6-8)12(16,17)18/h3-6,9H,1-2H3,(H,19,20)/t9-/m1/s1. The predicted octanol–water partition coefficient (Wildman–Crippen LogP) is 5.44. The first-order valence-corrected chi connectivity index (χ1v) is 9.01. The highest BCUT2D eigenvalue weighted by molar-refractivity contribution is 7.55. The first-order chi connectivity index (χ1) is 11.3. The van der Waals surface area contributed by atoms with Crippen LogP contribution in [0.4, 0.5) is 23.7 Å². The lowest BCUT2D eigenvalue weighted by molar-refractivity contribution is -0.137. The smallest absolute Gasteiger partial charge is 0.416 e. The summed E-state index contributed by atoms with van der Waals surface area (Å²) in [5.74, 6) is -1.97. The fourth-order valence-corrected chi connectivity index (χ4v) is 3.92. The zero-order valence-corrected chi connectivity index (χ0v) is 15.8. The Balaban J connectivity index is 2.98. The van der Waals surface area contributed by atoms with Gasteiger partial charge in [-0.25, -0.2) is 4.79 Å². The highest BCUT2D eigenvalue weighted by Gasteiger charge is 2.51. The van der Waals surface area contributed by atoms with Gasteiger partial charge < -0.3 is 13.8 Å². The Morgan fingerprint density at radius 1 is 1.20 bits per heavy atom. The zero-order chi connectivity index (χ0) is 19.5. The second-order valence-corrected chi connectivity index (χ2v) is 9.06. The number of ether oxygens (including phenoxy) is 1. The van der Waals surface area contributed by atoms with E-state index in [0.717, 1.165) is 26.4 Å². The van der Waals surface area contributed by atoms with Crippen LogP contribution in [0.1, 0.15) is 5.56 Å². The lowest BCUT2D eigenvalue weighted by Gasteiger charge is -2.28. The summed E-state index contributed by atoms with van der Waals surface area (Å²) in [6, 6.07) is 3.72. The van der Waals surface area contributed by atoms with E-state index < -0.39 is 35.1 Å². The number of carbonyl (C=O) groups is 1. The lowest BCUT2D eigenvalue weighted by atomic mass is 10.2. The van der Waals surface area contributed by atoms with Gasteiger partial charge in [0, 0.05) is 19.9 Å². The van der Waals surface area contributed by atoms with Gasteiger partial charge in [0.2, 0.25) is 3.79 Å². The molecule has 13 heteroatoms. The molecule has 0 aliphatic rings. The van der Waals surface area contributed by atoms with Gasteiger partial charge in [-0.3, -0.25) is 9.88 Å². The molecule has 6 nitrogen and oxygen atoms in total. The number of alkyl halides is 6. The van der Waals surface area contributed by atoms with Crippen molar-refractivity contribution < 1.29 is 36.3 Å². The number of carbonyl (C=O) groups excluding carboxylic acids is 1. The summed E-state index contributed by atoms with van der Waals surface area (Å²) in [5, 5.41) is 2.01. The highest BCUT2D eigenvalue weighted by Crippen LogP contribution is 2.59. The Morgan fingerprint density at radius 3 is 2.20 bits per heavy atom. The summed E-state index contributed by atoms with van der Waals surface area (Å²) < 4.78 is 61.9. The molecule has 0 radical (unpaired) electrons. The Bertz CT molecular complexity index is 660. The summed E-state index contributed by atoms with van der Waals surface area (Å²) in [5.41, 5.74) is -1.24. The van der Waals surface area contributed by atoms with Crippen molar-refractivity contribution in [2.75, 3.05) is 19.5 Å². The van der Waals surface area contributed by atoms with Crippen molar-refractivity contribution in [3.8, 4) is 0 Å². The van der Waals surface area contributed by atoms with E-state index in [1.54, 1.807) is 0 Å². The molecule has 0 fully saturated rings. The zero-order valence-electron chi connectivity index (χ0n) is 12.6. The molecule has 0 spiro atoms. The summed E-state index contributed by atoms with van der Waals surface area (Å²) in [7, 11) is -2.22. The Hall–Kier alpha value is -0.700. The molecule has 0 aliphatic heterocycles. The number of nitrogens with one attached hydrogen (secondary N) is 1. The van der Waals surface area contributed by atoms with Crippen LogP contribution in [0.5, 0.6) is 0 Å². The molecule has 1 amide bonds. The Morgan fingerprint density at radius 2 is 1.76 bits per heavy atom. The maximum atomic E-state index is 12.7. The highest BCUT2D eigenvalue weighted by atomic mass is 35.6. The van der Waals surface area contributed by atoms with Crippen molar-refractivity contribution in [3.63, 3.8) is 0 Å². The number of hydrogen-bond donors (Lipinski definition) is 1. The topological polar surface area (TPSA) is 73.9 Å². The van der Waals surface area contributed by atoms with Crippen LogP contribution < -0.4 is 5.32 Å². The second-order valence-electron chi connectivity index (χ2n) is 4.41. The first kappa shape index (κ1) is 22.3. The van der Waals surface area contributed by atoms with Gasteiger partial charge in [0.05, 0.1) is 5.56 Å². The van der Waals surface area contributed by atoms with Crippen LogP contribution in [0.25, 0.3) is 0 Å². The van der Waals surface area contributed by atoms with E-state index >= 15 is 0 Å². The van der Waals surface area contributed by atoms with Crippen molar-refractivity contribution in [2.45, 2.75) is 15.8 Å². The minimum absolute atomic E-state index is 0.243. The monoisotopic (exact) mass is 443 g/mol. The van der Waals surface area contributed by atoms with E-state index in [2.05, 4.69) is 9.05 Å². The van der Waals surface area contributed by atoms with Gasteiger partial charge in [-0.1, -0.05) is 40.9 Å². The summed E-state index contributed by atoms with van der Waals surface area (Å²) in [6.45, 7) is 0. The minimum atomic E-state index is -4.61. The molecule has 25 heavy (non-hydrogen) atoms. The molecular formula is C12H12Cl3F3NO5P. The Labute approximate surface area is 156 Å². The van der Waals surface area contributed by atoms with Crippen molar-refractivity contribution in [1.29, 1.82) is 0 Å². The molecule has 1 atom stereocenters. The van der Waals surface area contributed by atoms with Gasteiger partial charge in [0.25, 0.3) is 5.85 Å². The van der Waals surface area contributed by atoms with Gasteiger partial charge in [0.15, 0.2) is 0 Å². The van der Waals surface area contributed by atoms with Gasteiger partial charge in [-0.15, -0.1) is 0 Å². The second kappa shape index (κ2) is 8.33. The minimum Gasteiger partial charge on any atom is -0.428 e. The fraction of sp³-hybridized carbons (Fsp3) is 0.417. The fourth-order valence-electron chi connectivity index (χ4n) is 1.60. The van der Waals surface area contributed by atoms with Gasteiger partial charge in [-0.2, -0.15) is 13.2 Å². The van der Waals surface area contributed by atoms with Gasteiger partial charge >= 0.3 is 19.9 Å². The third-order valence-electron chi connectivity index (χ3n) is 2.73. The van der Waals surface area contributed by atoms with Crippen LogP contribution in [0.3, 0.4) is 0 Å². The molecule has 1 aromatic rings. The van der Waals surface area contributed by atoms with Crippen molar-refractivity contribution in [3.05, 3.63) is 29.8 Å². The molecule has 0 saturated heterocycles. The van der Waals surface area contributed by atoms with Crippen molar-refractivity contribution >= 4 is 54.2 Å². The third-order valence-corrected chi connectivity index (χ3v) is 5.87. The molecule has 1 rings (SSSR count). The van der Waals surface area contributed by atoms with Crippen LogP contribution in [0.15, 0.2) is 24.3 Å². The number of hydrogen-bond acceptors (Lipinski definition) is 5. The lowest BCUT2D eigenvalue weighted by Crippen LogP contribution is -2.34. The first-order valence-electron chi connectivity index (χ1n) is 6.26. The number of halogens is 6. The average molecular weight is 445 g/mol. The largest absolute Gasteiger partial charge is 0.428 e. The van der Waals surface area contributed by atoms with E-state index in [1.807, 2.05) is 5.32 Å². The Kier molecular flexibility index (Phi) is 7.44. The van der Waals surface area contributed by atoms with Crippen LogP contribution in [-0.2, 0) is 24.5 Å². The number of anilines is 1. The molecule has 0 unspecified atom stereocenters. The molecule has 0 heterocycles. The van der Waals surface area contributed by atoms with Crippen LogP contribution in [0, 0.1) is 0 Å². The average Bonchev–Trinajstić information content (AvgIpc) is 2.50. The molecule has 1 N–H and O–H groups in total. The van der Waals surface area contributed by atoms with E-state index in [0.29, 0.717) is 6.07 Å². The number of amides is 1. The summed E-state index contributed by atoms with van der Waals surface area (Å²) in [4.78, 5) is 11.9. The molecule has 1 aromatic carbocycles. The molecule has 0 saturated carbocycles. The predicted molar refractivity (Wildman–Crippen MR) is 87.3 cm³/mol. The van der Waals surface area contributed by atoms with E-state index in [9.17, 15) is 22.5 Å². The van der Waals surface area contributed by atoms with E-state index in [-0.39, 0.29) is 5.69 Å². The van der Waals surface area contributed by atoms with Crippen LogP contribution in [-0.4, -0.2) is 30.0 Å². The molecule has 0 aliphatic carbocycles. The summed E-state index contributed by atoms with van der Waals surface area (Å²) >= 11 is 16.9. The van der Waals surface area contributed by atoms with Crippen LogP contribution in [0.2, 0.25) is 0 Å². The summed E-state index contributed by atoms with van der Waals surface area (Å²) in [6.07, 6.45) is -5.94. The normalized spacial score (nSPS) is 14.1. The van der Waals surface area contributed by atoms with Crippen molar-refractivity contribution in [2.24, 2.45) is 0 Å². The quantitative estimate of drug-likeness (QED) is 0.484. The third kappa shape index (κ3) is 6.20. The van der Waals surface area contributed by atoms with E-state index in [4.69, 9.17) is 39.5 Å². The maximum absolute atomic E-state index is 12.7. The number of rotatable bonds is 5. The number of benzene rings is 1.